The number of halogens is 2. The third-order valence-electron chi connectivity index (χ3n) is 7.84. The molecule has 2 atom stereocenters. The number of aromatic amines is 1. The van der Waals surface area contributed by atoms with Gasteiger partial charge in [0, 0.05) is 46.3 Å². The lowest BCUT2D eigenvalue weighted by Gasteiger charge is -2.23. The number of nitrogens with one attached hydrogen (secondary N) is 1. The Morgan fingerprint density at radius 1 is 1.08 bits per heavy atom. The van der Waals surface area contributed by atoms with Crippen LogP contribution in [0.4, 0.5) is 8.78 Å². The zero-order valence-corrected chi connectivity index (χ0v) is 20.4. The summed E-state index contributed by atoms with van der Waals surface area (Å²) in [5.41, 5.74) is 5.87. The Labute approximate surface area is 211 Å². The predicted octanol–water partition coefficient (Wildman–Crippen LogP) is 5.45. The molecular weight excluding hydrogens is 474 g/mol. The number of H-pyrrole nitrogens is 1. The van der Waals surface area contributed by atoms with Gasteiger partial charge >= 0.3 is 0 Å². The van der Waals surface area contributed by atoms with E-state index in [-0.39, 0.29) is 11.2 Å². The first-order valence-electron chi connectivity index (χ1n) is 12.3. The topological polar surface area (TPSA) is 81.5 Å². The second-order valence-electron chi connectivity index (χ2n) is 10.1. The number of aryl methyl sites for hydroxylation is 1. The van der Waals surface area contributed by atoms with E-state index in [0.717, 1.165) is 47.5 Å². The molecule has 4 aromatic heterocycles. The Morgan fingerprint density at radius 3 is 2.81 bits per heavy atom. The Morgan fingerprint density at radius 2 is 1.97 bits per heavy atom. The highest BCUT2D eigenvalue weighted by Gasteiger charge is 2.58. The lowest BCUT2D eigenvalue weighted by Crippen LogP contribution is -2.23. The molecule has 0 bridgehead atoms. The first-order chi connectivity index (χ1) is 17.9. The van der Waals surface area contributed by atoms with Crippen molar-refractivity contribution in [2.45, 2.75) is 32.1 Å². The maximum Gasteiger partial charge on any atom is 0.160 e. The minimum absolute atomic E-state index is 0.0560. The number of ether oxygens (including phenoxy) is 1. The van der Waals surface area contributed by atoms with Crippen molar-refractivity contribution in [3.8, 4) is 28.3 Å². The molecule has 7 nitrogen and oxygen atoms in total. The van der Waals surface area contributed by atoms with E-state index in [1.54, 1.807) is 17.1 Å². The number of rotatable bonds is 4. The summed E-state index contributed by atoms with van der Waals surface area (Å²) in [4.78, 5) is 17.1. The van der Waals surface area contributed by atoms with E-state index in [4.69, 9.17) is 19.8 Å². The normalized spacial score (nSPS) is 20.8. The fourth-order valence-corrected chi connectivity index (χ4v) is 5.88. The second-order valence-corrected chi connectivity index (χ2v) is 10.1. The average Bonchev–Trinajstić information content (AvgIpc) is 3.34. The number of hydrogen-bond donors (Lipinski definition) is 1. The zero-order valence-electron chi connectivity index (χ0n) is 20.4. The van der Waals surface area contributed by atoms with Crippen LogP contribution in [0.15, 0.2) is 48.9 Å². The first-order valence-corrected chi connectivity index (χ1v) is 12.3. The molecule has 1 saturated heterocycles. The van der Waals surface area contributed by atoms with E-state index < -0.39 is 5.82 Å². The molecule has 1 saturated carbocycles. The fraction of sp³-hybridized carbons (Fsp3) is 0.286. The molecule has 2 fully saturated rings. The Hall–Kier alpha value is -3.98. The molecule has 5 aromatic rings. The predicted molar refractivity (Wildman–Crippen MR) is 134 cm³/mol. The van der Waals surface area contributed by atoms with Gasteiger partial charge in [-0.25, -0.2) is 23.4 Å². The summed E-state index contributed by atoms with van der Waals surface area (Å²) in [5, 5.41) is 5.55. The van der Waals surface area contributed by atoms with Crippen molar-refractivity contribution in [1.82, 2.24) is 29.7 Å². The van der Waals surface area contributed by atoms with E-state index in [9.17, 15) is 8.78 Å². The molecule has 186 valence electrons. The number of nitrogens with zero attached hydrogens (tertiary/aromatic N) is 5. The van der Waals surface area contributed by atoms with Crippen LogP contribution in [0, 0.1) is 31.4 Å². The van der Waals surface area contributed by atoms with Crippen LogP contribution in [-0.2, 0) is 10.2 Å². The molecule has 2 unspecified atom stereocenters. The van der Waals surface area contributed by atoms with Crippen molar-refractivity contribution in [2.24, 2.45) is 5.92 Å². The quantitative estimate of drug-likeness (QED) is 0.357. The van der Waals surface area contributed by atoms with Crippen LogP contribution in [0.5, 0.6) is 0 Å². The van der Waals surface area contributed by atoms with Gasteiger partial charge in [-0.15, -0.1) is 0 Å². The number of fused-ring (bicyclic) bond motifs is 2. The summed E-state index contributed by atoms with van der Waals surface area (Å²) in [6, 6.07) is 8.33. The highest BCUT2D eigenvalue weighted by molar-refractivity contribution is 5.93. The summed E-state index contributed by atoms with van der Waals surface area (Å²) in [6.45, 7) is 5.25. The van der Waals surface area contributed by atoms with Crippen LogP contribution < -0.4 is 0 Å². The van der Waals surface area contributed by atoms with E-state index in [1.807, 2.05) is 26.0 Å². The van der Waals surface area contributed by atoms with Crippen molar-refractivity contribution < 1.29 is 13.5 Å². The molecule has 0 radical (unpaired) electrons. The van der Waals surface area contributed by atoms with Crippen LogP contribution in [-0.4, -0.2) is 42.9 Å². The maximum atomic E-state index is 14.6. The second kappa shape index (κ2) is 8.01. The average molecular weight is 499 g/mol. The van der Waals surface area contributed by atoms with Gasteiger partial charge in [-0.2, -0.15) is 5.10 Å². The molecule has 1 aliphatic heterocycles. The summed E-state index contributed by atoms with van der Waals surface area (Å²) >= 11 is 0. The summed E-state index contributed by atoms with van der Waals surface area (Å²) in [7, 11) is 0. The Bertz CT molecular complexity index is 1690. The molecule has 5 heterocycles. The number of aromatic nitrogens is 6. The standard InChI is InChI=1S/C28H24F2N6O/c1-15-26(16(2)36(35-15)20-7-19(30)12-31-13-20)24-10-25(28-4-6-37-14-17(28)11-28)34-27(33-24)22-8-18(29)9-23-21(22)3-5-32-23/h3,5,7-10,12-13,17,32H,4,6,11,14H2,1-2H3. The van der Waals surface area contributed by atoms with Crippen molar-refractivity contribution in [1.29, 1.82) is 0 Å². The van der Waals surface area contributed by atoms with Crippen LogP contribution in [0.3, 0.4) is 0 Å². The van der Waals surface area contributed by atoms with Gasteiger partial charge < -0.3 is 9.72 Å². The molecule has 1 aromatic carbocycles. The maximum absolute atomic E-state index is 14.6. The molecule has 1 N–H and O–H groups in total. The van der Waals surface area contributed by atoms with Crippen LogP contribution in [0.25, 0.3) is 39.2 Å². The lowest BCUT2D eigenvalue weighted by molar-refractivity contribution is 0.0794. The van der Waals surface area contributed by atoms with E-state index in [1.165, 1.54) is 24.4 Å². The van der Waals surface area contributed by atoms with Gasteiger partial charge in [-0.05, 0) is 56.9 Å². The van der Waals surface area contributed by atoms with E-state index in [0.29, 0.717) is 40.8 Å². The highest BCUT2D eigenvalue weighted by Crippen LogP contribution is 2.58. The number of pyridine rings is 1. The lowest BCUT2D eigenvalue weighted by atomic mass is 9.92. The van der Waals surface area contributed by atoms with Gasteiger partial charge in [0.15, 0.2) is 5.82 Å². The third kappa shape index (κ3) is 3.48. The monoisotopic (exact) mass is 498 g/mol. The summed E-state index contributed by atoms with van der Waals surface area (Å²) < 4.78 is 36.0. The van der Waals surface area contributed by atoms with Crippen LogP contribution >= 0.6 is 0 Å². The van der Waals surface area contributed by atoms with Crippen LogP contribution in [0.1, 0.15) is 29.9 Å². The molecule has 0 amide bonds. The van der Waals surface area contributed by atoms with Crippen molar-refractivity contribution >= 4 is 10.9 Å². The first kappa shape index (κ1) is 22.2. The molecule has 9 heteroatoms. The van der Waals surface area contributed by atoms with Crippen molar-refractivity contribution in [3.05, 3.63) is 77.6 Å². The summed E-state index contributed by atoms with van der Waals surface area (Å²) in [5.74, 6) is 0.105. The zero-order chi connectivity index (χ0) is 25.3. The molecular formula is C28H24F2N6O. The number of benzene rings is 1. The largest absolute Gasteiger partial charge is 0.381 e. The minimum atomic E-state index is -0.432. The minimum Gasteiger partial charge on any atom is -0.381 e. The number of hydrogen-bond acceptors (Lipinski definition) is 5. The van der Waals surface area contributed by atoms with Gasteiger partial charge in [-0.1, -0.05) is 0 Å². The molecule has 37 heavy (non-hydrogen) atoms. The summed E-state index contributed by atoms with van der Waals surface area (Å²) in [6.07, 6.45) is 6.44. The molecule has 1 aliphatic carbocycles. The van der Waals surface area contributed by atoms with Gasteiger partial charge in [0.25, 0.3) is 0 Å². The molecule has 0 spiro atoms. The van der Waals surface area contributed by atoms with Gasteiger partial charge in [0.1, 0.15) is 11.6 Å². The third-order valence-corrected chi connectivity index (χ3v) is 7.84. The van der Waals surface area contributed by atoms with Crippen LogP contribution in [0.2, 0.25) is 0 Å². The van der Waals surface area contributed by atoms with E-state index in [2.05, 4.69) is 9.97 Å². The Balaban J connectivity index is 1.45. The fourth-order valence-electron chi connectivity index (χ4n) is 5.88. The molecule has 2 aliphatic rings. The van der Waals surface area contributed by atoms with Gasteiger partial charge in [0.2, 0.25) is 0 Å². The van der Waals surface area contributed by atoms with Gasteiger partial charge in [0.05, 0.1) is 47.5 Å². The molecule has 7 rings (SSSR count). The van der Waals surface area contributed by atoms with Crippen molar-refractivity contribution in [2.75, 3.05) is 13.2 Å². The highest BCUT2D eigenvalue weighted by atomic mass is 19.1. The van der Waals surface area contributed by atoms with Crippen molar-refractivity contribution in [3.63, 3.8) is 0 Å². The Kier molecular flexibility index (Phi) is 4.81. The SMILES string of the molecule is Cc1nn(-c2cncc(F)c2)c(C)c1-c1cc(C23CCOCC2C3)nc(-c2cc(F)cc3[nH]ccc23)n1. The van der Waals surface area contributed by atoms with E-state index >= 15 is 0 Å². The smallest absolute Gasteiger partial charge is 0.160 e. The van der Waals surface area contributed by atoms with Gasteiger partial charge in [-0.3, -0.25) is 4.98 Å².